The van der Waals surface area contributed by atoms with Crippen molar-refractivity contribution in [3.05, 3.63) is 57.5 Å². The molecule has 3 rings (SSSR count). The van der Waals surface area contributed by atoms with Crippen LogP contribution in [0.3, 0.4) is 0 Å². The van der Waals surface area contributed by atoms with Gasteiger partial charge >= 0.3 is 0 Å². The smallest absolute Gasteiger partial charge is 0.230 e. The number of aryl methyl sites for hydroxylation is 1. The number of nitrogen functional groups attached to an aromatic ring is 1. The van der Waals surface area contributed by atoms with E-state index in [9.17, 15) is 4.79 Å². The molecule has 0 aliphatic rings. The Morgan fingerprint density at radius 3 is 2.76 bits per heavy atom. The van der Waals surface area contributed by atoms with E-state index in [4.69, 9.17) is 21.9 Å². The fourth-order valence-corrected chi connectivity index (χ4v) is 2.40. The molecule has 1 aromatic carbocycles. The Morgan fingerprint density at radius 1 is 1.29 bits per heavy atom. The second-order valence-electron chi connectivity index (χ2n) is 4.64. The van der Waals surface area contributed by atoms with Gasteiger partial charge in [0.1, 0.15) is 5.69 Å². The van der Waals surface area contributed by atoms with Crippen LogP contribution in [0.1, 0.15) is 5.69 Å². The Morgan fingerprint density at radius 2 is 2.05 bits per heavy atom. The van der Waals surface area contributed by atoms with Crippen molar-refractivity contribution in [3.63, 3.8) is 0 Å². The third-order valence-electron chi connectivity index (χ3n) is 3.17. The summed E-state index contributed by atoms with van der Waals surface area (Å²) in [6.45, 7) is 1.80. The molecule has 0 radical (unpaired) electrons. The molecule has 0 atom stereocenters. The zero-order chi connectivity index (χ0) is 15.0. The summed E-state index contributed by atoms with van der Waals surface area (Å²) in [5.74, 6) is 0.123. The fourth-order valence-electron chi connectivity index (χ4n) is 2.17. The molecular formula is C15H12ClN3O2. The summed E-state index contributed by atoms with van der Waals surface area (Å²) >= 11 is 6.20. The highest BCUT2D eigenvalue weighted by Crippen LogP contribution is 2.38. The Labute approximate surface area is 125 Å². The van der Waals surface area contributed by atoms with E-state index >= 15 is 0 Å². The number of nitrogens with one attached hydrogen (secondary N) is 1. The van der Waals surface area contributed by atoms with E-state index in [1.165, 1.54) is 6.07 Å². The average molecular weight is 302 g/mol. The Balaban J connectivity index is 2.27. The molecule has 3 N–H and O–H groups in total. The zero-order valence-electron chi connectivity index (χ0n) is 11.2. The second-order valence-corrected chi connectivity index (χ2v) is 5.05. The summed E-state index contributed by atoms with van der Waals surface area (Å²) in [7, 11) is 0. The van der Waals surface area contributed by atoms with Crippen molar-refractivity contribution < 1.29 is 4.52 Å². The van der Waals surface area contributed by atoms with Crippen LogP contribution in [-0.4, -0.2) is 10.1 Å². The van der Waals surface area contributed by atoms with Crippen molar-refractivity contribution in [3.8, 4) is 22.4 Å². The molecule has 0 bridgehead atoms. The summed E-state index contributed by atoms with van der Waals surface area (Å²) in [5.41, 5.74) is 8.42. The standard InChI is InChI=1S/C15H12ClN3O2/c1-8-6-12(20)10(7-18-8)14-13(15(17)21-19-14)9-4-2-3-5-11(9)16/h2-7H,17H2,1H3,(H,18,20). The summed E-state index contributed by atoms with van der Waals surface area (Å²) < 4.78 is 5.06. The molecule has 21 heavy (non-hydrogen) atoms. The van der Waals surface area contributed by atoms with Crippen LogP contribution in [0.25, 0.3) is 22.4 Å². The van der Waals surface area contributed by atoms with Gasteiger partial charge in [0.15, 0.2) is 5.43 Å². The summed E-state index contributed by atoms with van der Waals surface area (Å²) in [6, 6.07) is 8.69. The number of nitrogens with two attached hydrogens (primary N) is 1. The maximum Gasteiger partial charge on any atom is 0.230 e. The highest BCUT2D eigenvalue weighted by atomic mass is 35.5. The van der Waals surface area contributed by atoms with Gasteiger partial charge in [-0.05, 0) is 13.0 Å². The predicted octanol–water partition coefficient (Wildman–Crippen LogP) is 3.24. The number of rotatable bonds is 2. The number of aromatic amines is 1. The molecule has 3 aromatic rings. The molecule has 0 aliphatic heterocycles. The largest absolute Gasteiger partial charge is 0.367 e. The van der Waals surface area contributed by atoms with Crippen LogP contribution in [0.15, 0.2) is 45.8 Å². The van der Waals surface area contributed by atoms with E-state index in [1.807, 2.05) is 12.1 Å². The van der Waals surface area contributed by atoms with E-state index in [2.05, 4.69) is 10.1 Å². The lowest BCUT2D eigenvalue weighted by molar-refractivity contribution is 0.439. The van der Waals surface area contributed by atoms with E-state index in [0.29, 0.717) is 27.4 Å². The van der Waals surface area contributed by atoms with E-state index in [0.717, 1.165) is 5.69 Å². The number of halogens is 1. The van der Waals surface area contributed by atoms with Crippen molar-refractivity contribution in [2.24, 2.45) is 0 Å². The lowest BCUT2D eigenvalue weighted by Gasteiger charge is -2.04. The SMILES string of the molecule is Cc1cc(=O)c(-c2noc(N)c2-c2ccccc2Cl)c[nH]1. The van der Waals surface area contributed by atoms with Gasteiger partial charge in [-0.2, -0.15) is 0 Å². The van der Waals surface area contributed by atoms with Crippen LogP contribution in [-0.2, 0) is 0 Å². The molecule has 0 unspecified atom stereocenters. The third-order valence-corrected chi connectivity index (χ3v) is 3.50. The number of anilines is 1. The Hall–Kier alpha value is -2.53. The highest BCUT2D eigenvalue weighted by Gasteiger charge is 2.21. The first-order valence-corrected chi connectivity index (χ1v) is 6.65. The van der Waals surface area contributed by atoms with E-state index in [-0.39, 0.29) is 11.3 Å². The maximum absolute atomic E-state index is 12.1. The average Bonchev–Trinajstić information content (AvgIpc) is 2.81. The molecule has 0 spiro atoms. The van der Waals surface area contributed by atoms with Crippen LogP contribution < -0.4 is 11.2 Å². The van der Waals surface area contributed by atoms with Gasteiger partial charge < -0.3 is 15.2 Å². The first kappa shape index (κ1) is 13.5. The van der Waals surface area contributed by atoms with Crippen molar-refractivity contribution in [2.75, 3.05) is 5.73 Å². The number of H-pyrrole nitrogens is 1. The molecule has 106 valence electrons. The van der Waals surface area contributed by atoms with Crippen LogP contribution in [0.2, 0.25) is 5.02 Å². The molecule has 2 heterocycles. The van der Waals surface area contributed by atoms with Crippen LogP contribution in [0, 0.1) is 6.92 Å². The number of benzene rings is 1. The molecule has 0 amide bonds. The number of aromatic nitrogens is 2. The first-order chi connectivity index (χ1) is 10.1. The molecule has 0 fully saturated rings. The molecule has 0 saturated heterocycles. The molecule has 6 heteroatoms. The van der Waals surface area contributed by atoms with Gasteiger partial charge in [0.05, 0.1) is 11.1 Å². The van der Waals surface area contributed by atoms with Gasteiger partial charge in [-0.15, -0.1) is 0 Å². The van der Waals surface area contributed by atoms with Crippen LogP contribution >= 0.6 is 11.6 Å². The van der Waals surface area contributed by atoms with Gasteiger partial charge in [-0.1, -0.05) is 35.0 Å². The van der Waals surface area contributed by atoms with Crippen molar-refractivity contribution >= 4 is 17.5 Å². The first-order valence-electron chi connectivity index (χ1n) is 6.27. The van der Waals surface area contributed by atoms with Gasteiger partial charge in [-0.25, -0.2) is 0 Å². The van der Waals surface area contributed by atoms with E-state index in [1.54, 1.807) is 25.3 Å². The normalized spacial score (nSPS) is 10.8. The van der Waals surface area contributed by atoms with Crippen LogP contribution in [0.4, 0.5) is 5.88 Å². The highest BCUT2D eigenvalue weighted by molar-refractivity contribution is 6.33. The number of hydrogen-bond donors (Lipinski definition) is 2. The van der Waals surface area contributed by atoms with Crippen molar-refractivity contribution in [1.29, 1.82) is 0 Å². The number of hydrogen-bond acceptors (Lipinski definition) is 4. The number of pyridine rings is 1. The molecule has 2 aromatic heterocycles. The molecule has 0 aliphatic carbocycles. The third kappa shape index (κ3) is 2.32. The maximum atomic E-state index is 12.1. The lowest BCUT2D eigenvalue weighted by atomic mass is 10.0. The topological polar surface area (TPSA) is 84.9 Å². The van der Waals surface area contributed by atoms with Crippen molar-refractivity contribution in [2.45, 2.75) is 6.92 Å². The van der Waals surface area contributed by atoms with Crippen molar-refractivity contribution in [1.82, 2.24) is 10.1 Å². The quantitative estimate of drug-likeness (QED) is 0.761. The van der Waals surface area contributed by atoms with Crippen LogP contribution in [0.5, 0.6) is 0 Å². The van der Waals surface area contributed by atoms with Gasteiger partial charge in [-0.3, -0.25) is 4.79 Å². The minimum absolute atomic E-state index is 0.123. The Bertz CT molecular complexity index is 867. The predicted molar refractivity (Wildman–Crippen MR) is 82.2 cm³/mol. The van der Waals surface area contributed by atoms with Gasteiger partial charge in [0.2, 0.25) is 5.88 Å². The minimum atomic E-state index is -0.159. The molecule has 5 nitrogen and oxygen atoms in total. The molecular weight excluding hydrogens is 290 g/mol. The molecule has 0 saturated carbocycles. The summed E-state index contributed by atoms with van der Waals surface area (Å²) in [4.78, 5) is 15.1. The summed E-state index contributed by atoms with van der Waals surface area (Å²) in [5, 5.41) is 4.43. The minimum Gasteiger partial charge on any atom is -0.367 e. The Kier molecular flexibility index (Phi) is 3.27. The number of nitrogens with zero attached hydrogens (tertiary/aromatic N) is 1. The monoisotopic (exact) mass is 301 g/mol. The summed E-state index contributed by atoms with van der Waals surface area (Å²) in [6.07, 6.45) is 1.59. The fraction of sp³-hybridized carbons (Fsp3) is 0.0667. The van der Waals surface area contributed by atoms with Gasteiger partial charge in [0.25, 0.3) is 0 Å². The van der Waals surface area contributed by atoms with E-state index < -0.39 is 0 Å². The van der Waals surface area contributed by atoms with Gasteiger partial charge in [0, 0.05) is 28.5 Å². The lowest BCUT2D eigenvalue weighted by Crippen LogP contribution is -2.06. The second kappa shape index (κ2) is 5.10. The zero-order valence-corrected chi connectivity index (χ0v) is 11.9.